The van der Waals surface area contributed by atoms with Crippen LogP contribution in [0.4, 0.5) is 0 Å². The van der Waals surface area contributed by atoms with Crippen LogP contribution in [-0.4, -0.2) is 35.0 Å². The van der Waals surface area contributed by atoms with Crippen molar-refractivity contribution in [2.24, 2.45) is 5.92 Å². The van der Waals surface area contributed by atoms with Crippen LogP contribution in [0.2, 0.25) is 0 Å². The minimum absolute atomic E-state index is 0.00383. The third kappa shape index (κ3) is 7.92. The maximum atomic E-state index is 12.6. The number of para-hydroxylation sites is 1. The summed E-state index contributed by atoms with van der Waals surface area (Å²) in [7, 11) is 1.69. The summed E-state index contributed by atoms with van der Waals surface area (Å²) in [6, 6.07) is 35.9. The number of aliphatic hydroxyl groups excluding tert-OH is 1. The van der Waals surface area contributed by atoms with E-state index in [1.54, 1.807) is 43.4 Å². The lowest BCUT2D eigenvalue weighted by atomic mass is 9.91. The highest BCUT2D eigenvalue weighted by Crippen LogP contribution is 2.44. The Balaban J connectivity index is 1.23. The van der Waals surface area contributed by atoms with E-state index < -0.39 is 6.29 Å². The van der Waals surface area contributed by atoms with Gasteiger partial charge in [0.05, 0.1) is 31.5 Å². The molecular weight excluding hydrogens is 609 g/mol. The molecule has 1 aliphatic rings. The van der Waals surface area contributed by atoms with Crippen LogP contribution in [-0.2, 0) is 22.6 Å². The Morgan fingerprint density at radius 2 is 1.66 bits per heavy atom. The van der Waals surface area contributed by atoms with Crippen LogP contribution in [0, 0.1) is 5.92 Å². The molecule has 0 saturated carbocycles. The number of thioether (sulfide) groups is 1. The first-order valence-corrected chi connectivity index (χ1v) is 16.6. The summed E-state index contributed by atoms with van der Waals surface area (Å²) in [5, 5.41) is 12.6. The molecule has 4 aromatic carbocycles. The zero-order chi connectivity index (χ0) is 32.6. The summed E-state index contributed by atoms with van der Waals surface area (Å²) in [6.45, 7) is 2.57. The topological polar surface area (TPSA) is 89.9 Å². The minimum atomic E-state index is -0.584. The van der Waals surface area contributed by atoms with Gasteiger partial charge in [0.15, 0.2) is 6.29 Å². The SMILES string of the molecule is COc1ccccc1SC[C@@H]1O[C@H](c2cccc(-c3cccc(CNC(=O)c4cccnc4)c3)c2)O[C@H](c2ccc(CO)cc2)[C@@H]1C. The lowest BCUT2D eigenvalue weighted by molar-refractivity contribution is -0.268. The number of nitrogens with zero attached hydrogens (tertiary/aromatic N) is 1. The largest absolute Gasteiger partial charge is 0.496 e. The van der Waals surface area contributed by atoms with E-state index in [2.05, 4.69) is 47.6 Å². The standard InChI is InChI=1S/C39H38N2O5S/c1-26-35(25-47-36-14-4-3-13-34(36)44-2)45-39(46-37(26)29-17-15-27(24-42)16-18-29)32-11-6-10-31(21-32)30-9-5-8-28(20-30)22-41-38(43)33-12-7-19-40-23-33/h3-21,23,26,35,37,39,42H,22,24-25H2,1-2H3,(H,41,43)/t26-,35+,37+,39+/m1/s1. The van der Waals surface area contributed by atoms with Crippen molar-refractivity contribution in [3.8, 4) is 16.9 Å². The van der Waals surface area contributed by atoms with Crippen LogP contribution in [0.25, 0.3) is 11.1 Å². The van der Waals surface area contributed by atoms with Crippen LogP contribution >= 0.6 is 11.8 Å². The van der Waals surface area contributed by atoms with Crippen LogP contribution in [0.15, 0.2) is 126 Å². The molecule has 0 spiro atoms. The lowest BCUT2D eigenvalue weighted by Gasteiger charge is -2.41. The zero-order valence-electron chi connectivity index (χ0n) is 26.4. The van der Waals surface area contributed by atoms with Crippen molar-refractivity contribution in [1.82, 2.24) is 10.3 Å². The Hall–Kier alpha value is -4.47. The number of nitrogens with one attached hydrogen (secondary N) is 1. The number of ether oxygens (including phenoxy) is 3. The number of aliphatic hydroxyl groups is 1. The predicted octanol–water partition coefficient (Wildman–Crippen LogP) is 7.76. The van der Waals surface area contributed by atoms with Gasteiger partial charge in [0, 0.05) is 41.1 Å². The zero-order valence-corrected chi connectivity index (χ0v) is 27.2. The fraction of sp³-hybridized carbons (Fsp3) is 0.231. The van der Waals surface area contributed by atoms with Gasteiger partial charge in [0.1, 0.15) is 5.75 Å². The first-order valence-electron chi connectivity index (χ1n) is 15.7. The average Bonchev–Trinajstić information content (AvgIpc) is 3.14. The first kappa shape index (κ1) is 32.5. The van der Waals surface area contributed by atoms with Gasteiger partial charge in [-0.05, 0) is 64.2 Å². The average molecular weight is 647 g/mol. The van der Waals surface area contributed by atoms with E-state index in [-0.39, 0.29) is 30.6 Å². The van der Waals surface area contributed by atoms with Crippen molar-refractivity contribution in [3.63, 3.8) is 0 Å². The highest BCUT2D eigenvalue weighted by Gasteiger charge is 2.38. The van der Waals surface area contributed by atoms with E-state index in [9.17, 15) is 9.90 Å². The van der Waals surface area contributed by atoms with E-state index in [0.717, 1.165) is 49.8 Å². The molecule has 1 amide bonds. The molecule has 1 fully saturated rings. The Morgan fingerprint density at radius 3 is 2.43 bits per heavy atom. The molecule has 1 saturated heterocycles. The molecule has 4 atom stereocenters. The molecule has 1 aromatic heterocycles. The van der Waals surface area contributed by atoms with Gasteiger partial charge in [-0.25, -0.2) is 0 Å². The van der Waals surface area contributed by atoms with Crippen LogP contribution in [0.5, 0.6) is 5.75 Å². The van der Waals surface area contributed by atoms with Gasteiger partial charge in [-0.2, -0.15) is 0 Å². The van der Waals surface area contributed by atoms with E-state index >= 15 is 0 Å². The van der Waals surface area contributed by atoms with Gasteiger partial charge >= 0.3 is 0 Å². The van der Waals surface area contributed by atoms with Gasteiger partial charge < -0.3 is 24.6 Å². The van der Waals surface area contributed by atoms with Crippen molar-refractivity contribution >= 4 is 17.7 Å². The number of hydrogen-bond acceptors (Lipinski definition) is 7. The molecule has 7 nitrogen and oxygen atoms in total. The molecule has 0 aliphatic carbocycles. The molecule has 2 heterocycles. The number of rotatable bonds is 11. The molecule has 0 radical (unpaired) electrons. The van der Waals surface area contributed by atoms with Gasteiger partial charge in [-0.1, -0.05) is 79.7 Å². The number of methoxy groups -OCH3 is 1. The van der Waals surface area contributed by atoms with E-state index in [0.29, 0.717) is 12.1 Å². The predicted molar refractivity (Wildman–Crippen MR) is 184 cm³/mol. The molecule has 240 valence electrons. The maximum Gasteiger partial charge on any atom is 0.253 e. The number of pyridine rings is 1. The Labute approximate surface area is 279 Å². The number of benzene rings is 4. The molecule has 2 N–H and O–H groups in total. The van der Waals surface area contributed by atoms with Crippen molar-refractivity contribution in [3.05, 3.63) is 149 Å². The number of hydrogen-bond donors (Lipinski definition) is 2. The molecule has 6 rings (SSSR count). The summed E-state index contributed by atoms with van der Waals surface area (Å²) >= 11 is 1.72. The number of amides is 1. The summed E-state index contributed by atoms with van der Waals surface area (Å²) in [4.78, 5) is 17.7. The summed E-state index contributed by atoms with van der Waals surface area (Å²) in [5.74, 6) is 1.47. The third-order valence-electron chi connectivity index (χ3n) is 8.39. The Kier molecular flexibility index (Phi) is 10.6. The molecule has 1 aliphatic heterocycles. The summed E-state index contributed by atoms with van der Waals surface area (Å²) < 4.78 is 19.0. The molecular formula is C39H38N2O5S. The van der Waals surface area contributed by atoms with Crippen molar-refractivity contribution < 1.29 is 24.1 Å². The fourth-order valence-corrected chi connectivity index (χ4v) is 6.92. The summed E-state index contributed by atoms with van der Waals surface area (Å²) in [6.07, 6.45) is 2.31. The van der Waals surface area contributed by atoms with Crippen molar-refractivity contribution in [2.45, 2.75) is 43.5 Å². The molecule has 8 heteroatoms. The van der Waals surface area contributed by atoms with E-state index in [1.807, 2.05) is 66.7 Å². The third-order valence-corrected chi connectivity index (χ3v) is 9.53. The second kappa shape index (κ2) is 15.4. The highest BCUT2D eigenvalue weighted by molar-refractivity contribution is 7.99. The number of aromatic nitrogens is 1. The van der Waals surface area contributed by atoms with Gasteiger partial charge in [0.25, 0.3) is 5.91 Å². The van der Waals surface area contributed by atoms with E-state index in [4.69, 9.17) is 14.2 Å². The second-order valence-electron chi connectivity index (χ2n) is 11.5. The van der Waals surface area contributed by atoms with Crippen LogP contribution < -0.4 is 10.1 Å². The van der Waals surface area contributed by atoms with Crippen LogP contribution in [0.1, 0.15) is 51.9 Å². The molecule has 0 bridgehead atoms. The quantitative estimate of drug-likeness (QED) is 0.142. The monoisotopic (exact) mass is 646 g/mol. The molecule has 0 unspecified atom stereocenters. The van der Waals surface area contributed by atoms with Crippen molar-refractivity contribution in [1.29, 1.82) is 0 Å². The normalized spacial score (nSPS) is 19.2. The first-order chi connectivity index (χ1) is 23.0. The maximum absolute atomic E-state index is 12.6. The van der Waals surface area contributed by atoms with Gasteiger partial charge in [0.2, 0.25) is 0 Å². The summed E-state index contributed by atoms with van der Waals surface area (Å²) in [5.41, 5.74) is 6.41. The number of carbonyl (C=O) groups is 1. The smallest absolute Gasteiger partial charge is 0.253 e. The minimum Gasteiger partial charge on any atom is -0.496 e. The Morgan fingerprint density at radius 1 is 0.872 bits per heavy atom. The van der Waals surface area contributed by atoms with Crippen molar-refractivity contribution in [2.75, 3.05) is 12.9 Å². The second-order valence-corrected chi connectivity index (χ2v) is 12.6. The molecule has 47 heavy (non-hydrogen) atoms. The molecule has 5 aromatic rings. The number of carbonyl (C=O) groups excluding carboxylic acids is 1. The highest BCUT2D eigenvalue weighted by atomic mass is 32.2. The van der Waals surface area contributed by atoms with Gasteiger partial charge in [-0.3, -0.25) is 9.78 Å². The van der Waals surface area contributed by atoms with Crippen LogP contribution in [0.3, 0.4) is 0 Å². The lowest BCUT2D eigenvalue weighted by Crippen LogP contribution is -2.38. The van der Waals surface area contributed by atoms with Gasteiger partial charge in [-0.15, -0.1) is 11.8 Å². The van der Waals surface area contributed by atoms with E-state index in [1.165, 1.54) is 0 Å². The Bertz CT molecular complexity index is 1780. The fourth-order valence-electron chi connectivity index (χ4n) is 5.73.